The molecule has 0 aliphatic heterocycles. The van der Waals surface area contributed by atoms with Gasteiger partial charge in [0.05, 0.1) is 6.04 Å². The summed E-state index contributed by atoms with van der Waals surface area (Å²) in [5, 5.41) is 11.9. The monoisotopic (exact) mass is 408 g/mol. The third kappa shape index (κ3) is 6.53. The summed E-state index contributed by atoms with van der Waals surface area (Å²) in [6.45, 7) is -4.69. The SMILES string of the molecule is CC(NC(=O)/C(C#N)=C/c1ccc(OC(F)F)cc1OC(F)F)c1ccccc1. The van der Waals surface area contributed by atoms with E-state index in [1.165, 1.54) is 0 Å². The quantitative estimate of drug-likeness (QED) is 0.391. The smallest absolute Gasteiger partial charge is 0.387 e. The van der Waals surface area contributed by atoms with Gasteiger partial charge >= 0.3 is 13.2 Å². The lowest BCUT2D eigenvalue weighted by molar-refractivity contribution is -0.117. The van der Waals surface area contributed by atoms with Crippen molar-refractivity contribution in [2.75, 3.05) is 0 Å². The van der Waals surface area contributed by atoms with Gasteiger partial charge in [0.1, 0.15) is 23.1 Å². The van der Waals surface area contributed by atoms with Crippen molar-refractivity contribution >= 4 is 12.0 Å². The first-order chi connectivity index (χ1) is 13.8. The Kier molecular flexibility index (Phi) is 7.60. The summed E-state index contributed by atoms with van der Waals surface area (Å²) >= 11 is 0. The Labute approximate surface area is 164 Å². The van der Waals surface area contributed by atoms with Gasteiger partial charge in [-0.3, -0.25) is 4.79 Å². The molecule has 9 heteroatoms. The largest absolute Gasteiger partial charge is 0.435 e. The number of hydrogen-bond donors (Lipinski definition) is 1. The Morgan fingerprint density at radius 3 is 2.31 bits per heavy atom. The molecule has 1 atom stereocenters. The second-order valence-corrected chi connectivity index (χ2v) is 5.73. The second kappa shape index (κ2) is 10.1. The number of nitrogens with one attached hydrogen (secondary N) is 1. The van der Waals surface area contributed by atoms with E-state index in [1.807, 2.05) is 6.07 Å². The first-order valence-corrected chi connectivity index (χ1v) is 8.31. The molecule has 0 saturated carbocycles. The lowest BCUT2D eigenvalue weighted by atomic mass is 10.1. The van der Waals surface area contributed by atoms with Crippen LogP contribution < -0.4 is 14.8 Å². The molecule has 1 amide bonds. The average Bonchev–Trinajstić information content (AvgIpc) is 2.67. The number of nitriles is 1. The first kappa shape index (κ1) is 21.8. The summed E-state index contributed by atoms with van der Waals surface area (Å²) in [7, 11) is 0. The van der Waals surface area contributed by atoms with E-state index < -0.39 is 36.7 Å². The molecular weight excluding hydrogens is 392 g/mol. The van der Waals surface area contributed by atoms with Crippen LogP contribution in [0.2, 0.25) is 0 Å². The maximum atomic E-state index is 12.7. The fraction of sp³-hybridized carbons (Fsp3) is 0.200. The highest BCUT2D eigenvalue weighted by Gasteiger charge is 2.17. The van der Waals surface area contributed by atoms with Crippen molar-refractivity contribution in [3.05, 3.63) is 65.2 Å². The van der Waals surface area contributed by atoms with Crippen LogP contribution in [0.4, 0.5) is 17.6 Å². The van der Waals surface area contributed by atoms with Gasteiger partial charge in [0, 0.05) is 11.6 Å². The molecule has 2 aromatic carbocycles. The highest BCUT2D eigenvalue weighted by Crippen LogP contribution is 2.29. The number of halogens is 4. The third-order valence-corrected chi connectivity index (χ3v) is 3.74. The Bertz CT molecular complexity index is 912. The lowest BCUT2D eigenvalue weighted by Crippen LogP contribution is -2.27. The number of benzene rings is 2. The van der Waals surface area contributed by atoms with Crippen LogP contribution in [0.15, 0.2) is 54.1 Å². The predicted octanol–water partition coefficient (Wildman–Crippen LogP) is 4.67. The minimum Gasteiger partial charge on any atom is -0.435 e. The zero-order valence-electron chi connectivity index (χ0n) is 15.1. The standard InChI is InChI=1S/C20H16F4N2O3/c1-12(13-5-3-2-4-6-13)26-18(27)15(11-25)9-14-7-8-16(28-19(21)22)10-17(14)29-20(23)24/h2-10,12,19-20H,1H3,(H,26,27)/b15-9+. The van der Waals surface area contributed by atoms with Crippen LogP contribution in [-0.4, -0.2) is 19.1 Å². The van der Waals surface area contributed by atoms with E-state index in [1.54, 1.807) is 37.3 Å². The molecule has 2 aromatic rings. The van der Waals surface area contributed by atoms with Gasteiger partial charge in [-0.1, -0.05) is 30.3 Å². The van der Waals surface area contributed by atoms with Crippen molar-refractivity contribution in [1.29, 1.82) is 5.26 Å². The molecule has 0 saturated heterocycles. The zero-order valence-corrected chi connectivity index (χ0v) is 15.1. The average molecular weight is 408 g/mol. The molecular formula is C20H16F4N2O3. The molecule has 0 heterocycles. The Morgan fingerprint density at radius 2 is 1.72 bits per heavy atom. The van der Waals surface area contributed by atoms with Crippen molar-refractivity contribution in [1.82, 2.24) is 5.32 Å². The number of hydrogen-bond acceptors (Lipinski definition) is 4. The molecule has 0 aromatic heterocycles. The first-order valence-electron chi connectivity index (χ1n) is 8.31. The van der Waals surface area contributed by atoms with Crippen LogP contribution in [0, 0.1) is 11.3 Å². The maximum absolute atomic E-state index is 12.7. The number of nitrogens with zero attached hydrogens (tertiary/aromatic N) is 1. The molecule has 0 aliphatic carbocycles. The lowest BCUT2D eigenvalue weighted by Gasteiger charge is -2.14. The Hall–Kier alpha value is -3.54. The van der Waals surface area contributed by atoms with Gasteiger partial charge in [0.15, 0.2) is 0 Å². The fourth-order valence-corrected chi connectivity index (χ4v) is 2.41. The van der Waals surface area contributed by atoms with Crippen molar-refractivity contribution in [2.45, 2.75) is 26.2 Å². The van der Waals surface area contributed by atoms with E-state index in [4.69, 9.17) is 0 Å². The van der Waals surface area contributed by atoms with Crippen LogP contribution in [0.1, 0.15) is 24.1 Å². The normalized spacial score (nSPS) is 12.4. The van der Waals surface area contributed by atoms with E-state index in [-0.39, 0.29) is 11.1 Å². The van der Waals surface area contributed by atoms with Crippen molar-refractivity contribution in [2.24, 2.45) is 0 Å². The van der Waals surface area contributed by atoms with Gasteiger partial charge in [-0.15, -0.1) is 0 Å². The van der Waals surface area contributed by atoms with Gasteiger partial charge in [-0.2, -0.15) is 22.8 Å². The number of carbonyl (C=O) groups excluding carboxylic acids is 1. The highest BCUT2D eigenvalue weighted by atomic mass is 19.3. The minimum absolute atomic E-state index is 0.0778. The predicted molar refractivity (Wildman–Crippen MR) is 96.3 cm³/mol. The van der Waals surface area contributed by atoms with Crippen molar-refractivity contribution in [3.8, 4) is 17.6 Å². The molecule has 0 fully saturated rings. The Morgan fingerprint density at radius 1 is 1.07 bits per heavy atom. The molecule has 1 N–H and O–H groups in total. The summed E-state index contributed by atoms with van der Waals surface area (Å²) in [5.74, 6) is -1.66. The summed E-state index contributed by atoms with van der Waals surface area (Å²) in [6, 6.07) is 13.3. The van der Waals surface area contributed by atoms with Gasteiger partial charge in [0.2, 0.25) is 0 Å². The summed E-state index contributed by atoms with van der Waals surface area (Å²) in [5.41, 5.74) is 0.341. The van der Waals surface area contributed by atoms with Crippen LogP contribution >= 0.6 is 0 Å². The van der Waals surface area contributed by atoms with E-state index in [2.05, 4.69) is 14.8 Å². The fourth-order valence-electron chi connectivity index (χ4n) is 2.41. The van der Waals surface area contributed by atoms with Crippen molar-refractivity contribution in [3.63, 3.8) is 0 Å². The molecule has 2 rings (SSSR count). The van der Waals surface area contributed by atoms with E-state index in [0.29, 0.717) is 0 Å². The van der Waals surface area contributed by atoms with E-state index in [0.717, 1.165) is 29.8 Å². The number of carbonyl (C=O) groups is 1. The summed E-state index contributed by atoms with van der Waals surface area (Å²) in [4.78, 5) is 12.4. The topological polar surface area (TPSA) is 71.4 Å². The summed E-state index contributed by atoms with van der Waals surface area (Å²) in [6.07, 6.45) is 1.02. The van der Waals surface area contributed by atoms with Gasteiger partial charge in [0.25, 0.3) is 5.91 Å². The van der Waals surface area contributed by atoms with Gasteiger partial charge < -0.3 is 14.8 Å². The molecule has 0 radical (unpaired) electrons. The number of amides is 1. The number of alkyl halides is 4. The maximum Gasteiger partial charge on any atom is 0.387 e. The van der Waals surface area contributed by atoms with Gasteiger partial charge in [-0.05, 0) is 30.7 Å². The molecule has 5 nitrogen and oxygen atoms in total. The van der Waals surface area contributed by atoms with Crippen LogP contribution in [0.3, 0.4) is 0 Å². The van der Waals surface area contributed by atoms with Crippen LogP contribution in [0.25, 0.3) is 6.08 Å². The number of rotatable bonds is 8. The third-order valence-electron chi connectivity index (χ3n) is 3.74. The highest BCUT2D eigenvalue weighted by molar-refractivity contribution is 6.02. The van der Waals surface area contributed by atoms with Crippen LogP contribution in [0.5, 0.6) is 11.5 Å². The molecule has 152 valence electrons. The van der Waals surface area contributed by atoms with E-state index >= 15 is 0 Å². The molecule has 0 aliphatic rings. The van der Waals surface area contributed by atoms with E-state index in [9.17, 15) is 27.6 Å². The van der Waals surface area contributed by atoms with Crippen molar-refractivity contribution < 1.29 is 31.8 Å². The number of ether oxygens (including phenoxy) is 2. The molecule has 0 spiro atoms. The van der Waals surface area contributed by atoms with Gasteiger partial charge in [-0.25, -0.2) is 0 Å². The zero-order chi connectivity index (χ0) is 21.4. The second-order valence-electron chi connectivity index (χ2n) is 5.73. The molecule has 1 unspecified atom stereocenters. The van der Waals surface area contributed by atoms with Crippen LogP contribution in [-0.2, 0) is 4.79 Å². The molecule has 29 heavy (non-hydrogen) atoms. The minimum atomic E-state index is -3.25. The molecule has 0 bridgehead atoms. The Balaban J connectivity index is 2.28. The summed E-state index contributed by atoms with van der Waals surface area (Å²) < 4.78 is 58.4.